The minimum absolute atomic E-state index is 0.0723. The highest BCUT2D eigenvalue weighted by Gasteiger charge is 2.32. The first-order valence-corrected chi connectivity index (χ1v) is 8.75. The normalized spacial score (nSPS) is 16.6. The molecule has 0 aliphatic carbocycles. The van der Waals surface area contributed by atoms with Crippen LogP contribution in [0.1, 0.15) is 34.9 Å². The predicted molar refractivity (Wildman–Crippen MR) is 99.7 cm³/mol. The van der Waals surface area contributed by atoms with E-state index in [0.717, 1.165) is 24.1 Å². The van der Waals surface area contributed by atoms with Crippen molar-refractivity contribution in [3.05, 3.63) is 88.5 Å². The van der Waals surface area contributed by atoms with Crippen molar-refractivity contribution in [2.75, 3.05) is 6.54 Å². The molecule has 2 aromatic heterocycles. The van der Waals surface area contributed by atoms with E-state index in [-0.39, 0.29) is 23.1 Å². The van der Waals surface area contributed by atoms with Crippen LogP contribution in [0, 0.1) is 0 Å². The second-order valence-corrected chi connectivity index (χ2v) is 6.39. The molecule has 1 aliphatic heterocycles. The van der Waals surface area contributed by atoms with E-state index in [1.165, 1.54) is 0 Å². The minimum Gasteiger partial charge on any atom is -0.330 e. The number of rotatable bonds is 3. The standard InChI is InChI=1S/C21H19N3O2/c25-20-16(11-12-17(23-20)15-7-2-1-3-8-15)21(26)24-14-6-10-19(24)18-9-4-5-13-22-18/h1-5,7-9,11-13,19H,6,10,14H2,(H,23,25)/t19-/m0/s1. The first kappa shape index (κ1) is 16.3. The van der Waals surface area contributed by atoms with Crippen molar-refractivity contribution in [2.24, 2.45) is 0 Å². The molecule has 3 aromatic rings. The van der Waals surface area contributed by atoms with Crippen molar-refractivity contribution in [2.45, 2.75) is 18.9 Å². The highest BCUT2D eigenvalue weighted by Crippen LogP contribution is 2.31. The molecule has 4 rings (SSSR count). The van der Waals surface area contributed by atoms with E-state index in [4.69, 9.17) is 0 Å². The van der Waals surface area contributed by atoms with Gasteiger partial charge in [-0.3, -0.25) is 14.6 Å². The molecule has 1 N–H and O–H groups in total. The van der Waals surface area contributed by atoms with Crippen LogP contribution in [0.2, 0.25) is 0 Å². The molecule has 1 amide bonds. The van der Waals surface area contributed by atoms with Gasteiger partial charge in [0.25, 0.3) is 11.5 Å². The van der Waals surface area contributed by atoms with E-state index in [2.05, 4.69) is 9.97 Å². The van der Waals surface area contributed by atoms with Crippen molar-refractivity contribution in [3.8, 4) is 11.3 Å². The third kappa shape index (κ3) is 3.04. The molecule has 0 spiro atoms. The number of aromatic amines is 1. The largest absolute Gasteiger partial charge is 0.330 e. The van der Waals surface area contributed by atoms with Crippen LogP contribution in [0.5, 0.6) is 0 Å². The van der Waals surface area contributed by atoms with Crippen molar-refractivity contribution in [3.63, 3.8) is 0 Å². The van der Waals surface area contributed by atoms with Crippen LogP contribution in [0.4, 0.5) is 0 Å². The first-order chi connectivity index (χ1) is 12.7. The number of hydrogen-bond donors (Lipinski definition) is 1. The molecule has 1 aromatic carbocycles. The Labute approximate surface area is 151 Å². The van der Waals surface area contributed by atoms with E-state index in [1.807, 2.05) is 48.5 Å². The molecular formula is C21H19N3O2. The van der Waals surface area contributed by atoms with Crippen molar-refractivity contribution in [1.29, 1.82) is 0 Å². The van der Waals surface area contributed by atoms with E-state index >= 15 is 0 Å². The number of benzene rings is 1. The molecule has 1 aliphatic rings. The summed E-state index contributed by atoms with van der Waals surface area (Å²) in [6.45, 7) is 0.639. The molecule has 1 fully saturated rings. The topological polar surface area (TPSA) is 66.1 Å². The molecular weight excluding hydrogens is 326 g/mol. The van der Waals surface area contributed by atoms with Crippen LogP contribution in [0.3, 0.4) is 0 Å². The summed E-state index contributed by atoms with van der Waals surface area (Å²) in [6.07, 6.45) is 3.51. The molecule has 0 unspecified atom stereocenters. The molecule has 3 heterocycles. The molecule has 130 valence electrons. The Bertz CT molecular complexity index is 967. The number of nitrogens with one attached hydrogen (secondary N) is 1. The number of carbonyl (C=O) groups excluding carboxylic acids is 1. The Morgan fingerprint density at radius 3 is 2.58 bits per heavy atom. The van der Waals surface area contributed by atoms with Gasteiger partial charge in [0, 0.05) is 18.4 Å². The summed E-state index contributed by atoms with van der Waals surface area (Å²) in [5.41, 5.74) is 2.30. The van der Waals surface area contributed by atoms with Crippen LogP contribution in [-0.2, 0) is 0 Å². The SMILES string of the molecule is O=C(c1ccc(-c2ccccc2)[nH]c1=O)N1CCC[C@H]1c1ccccn1. The highest BCUT2D eigenvalue weighted by atomic mass is 16.2. The number of H-pyrrole nitrogens is 1. The lowest BCUT2D eigenvalue weighted by Crippen LogP contribution is -2.34. The summed E-state index contributed by atoms with van der Waals surface area (Å²) < 4.78 is 0. The molecule has 1 atom stereocenters. The average Bonchev–Trinajstić information content (AvgIpc) is 3.19. The summed E-state index contributed by atoms with van der Waals surface area (Å²) >= 11 is 0. The van der Waals surface area contributed by atoms with Gasteiger partial charge in [0.15, 0.2) is 0 Å². The lowest BCUT2D eigenvalue weighted by Gasteiger charge is -2.24. The number of carbonyl (C=O) groups is 1. The van der Waals surface area contributed by atoms with Gasteiger partial charge in [-0.15, -0.1) is 0 Å². The van der Waals surface area contributed by atoms with Gasteiger partial charge in [-0.1, -0.05) is 36.4 Å². The number of amides is 1. The third-order valence-electron chi connectivity index (χ3n) is 4.77. The summed E-state index contributed by atoms with van der Waals surface area (Å²) in [7, 11) is 0. The zero-order valence-corrected chi connectivity index (χ0v) is 14.3. The highest BCUT2D eigenvalue weighted by molar-refractivity contribution is 5.94. The van der Waals surface area contributed by atoms with Crippen LogP contribution in [0.25, 0.3) is 11.3 Å². The average molecular weight is 345 g/mol. The van der Waals surface area contributed by atoms with Crippen LogP contribution in [0.15, 0.2) is 71.7 Å². The first-order valence-electron chi connectivity index (χ1n) is 8.75. The monoisotopic (exact) mass is 345 g/mol. The lowest BCUT2D eigenvalue weighted by molar-refractivity contribution is 0.0731. The molecule has 0 radical (unpaired) electrons. The number of nitrogens with zero attached hydrogens (tertiary/aromatic N) is 2. The molecule has 1 saturated heterocycles. The smallest absolute Gasteiger partial charge is 0.261 e. The molecule has 0 saturated carbocycles. The fourth-order valence-corrected chi connectivity index (χ4v) is 3.47. The lowest BCUT2D eigenvalue weighted by atomic mass is 10.1. The van der Waals surface area contributed by atoms with E-state index in [1.54, 1.807) is 23.2 Å². The second kappa shape index (κ2) is 6.96. The Hall–Kier alpha value is -3.21. The van der Waals surface area contributed by atoms with Crippen LogP contribution >= 0.6 is 0 Å². The summed E-state index contributed by atoms with van der Waals surface area (Å²) in [5, 5.41) is 0. The minimum atomic E-state index is -0.358. The van der Waals surface area contributed by atoms with Gasteiger partial charge < -0.3 is 9.88 Å². The van der Waals surface area contributed by atoms with E-state index in [9.17, 15) is 9.59 Å². The molecule has 5 heteroatoms. The summed E-state index contributed by atoms with van der Waals surface area (Å²) in [5.74, 6) is -0.237. The fraction of sp³-hybridized carbons (Fsp3) is 0.190. The summed E-state index contributed by atoms with van der Waals surface area (Å²) in [4.78, 5) is 34.5. The Kier molecular flexibility index (Phi) is 4.35. The Balaban J connectivity index is 1.63. The van der Waals surface area contributed by atoms with Gasteiger partial charge in [0.05, 0.1) is 11.7 Å². The zero-order valence-electron chi connectivity index (χ0n) is 14.3. The van der Waals surface area contributed by atoms with E-state index < -0.39 is 0 Å². The third-order valence-corrected chi connectivity index (χ3v) is 4.77. The molecule has 5 nitrogen and oxygen atoms in total. The Morgan fingerprint density at radius 1 is 1.04 bits per heavy atom. The number of aromatic nitrogens is 2. The quantitative estimate of drug-likeness (QED) is 0.791. The van der Waals surface area contributed by atoms with Gasteiger partial charge in [-0.2, -0.15) is 0 Å². The number of hydrogen-bond acceptors (Lipinski definition) is 3. The predicted octanol–water partition coefficient (Wildman–Crippen LogP) is 3.41. The fourth-order valence-electron chi connectivity index (χ4n) is 3.47. The van der Waals surface area contributed by atoms with Crippen molar-refractivity contribution in [1.82, 2.24) is 14.9 Å². The Morgan fingerprint density at radius 2 is 1.85 bits per heavy atom. The van der Waals surface area contributed by atoms with Gasteiger partial charge in [0.2, 0.25) is 0 Å². The van der Waals surface area contributed by atoms with Gasteiger partial charge in [0.1, 0.15) is 5.56 Å². The maximum Gasteiger partial charge on any atom is 0.261 e. The van der Waals surface area contributed by atoms with Crippen LogP contribution < -0.4 is 5.56 Å². The van der Waals surface area contributed by atoms with Crippen molar-refractivity contribution < 1.29 is 4.79 Å². The maximum atomic E-state index is 13.0. The van der Waals surface area contributed by atoms with Gasteiger partial charge >= 0.3 is 0 Å². The van der Waals surface area contributed by atoms with Crippen molar-refractivity contribution >= 4 is 5.91 Å². The van der Waals surface area contributed by atoms with Crippen LogP contribution in [-0.4, -0.2) is 27.3 Å². The van der Waals surface area contributed by atoms with E-state index in [0.29, 0.717) is 12.2 Å². The number of pyridine rings is 2. The van der Waals surface area contributed by atoms with Gasteiger partial charge in [-0.05, 0) is 42.7 Å². The maximum absolute atomic E-state index is 13.0. The molecule has 0 bridgehead atoms. The molecule has 26 heavy (non-hydrogen) atoms. The van der Waals surface area contributed by atoms with Gasteiger partial charge in [-0.25, -0.2) is 0 Å². The summed E-state index contributed by atoms with van der Waals surface area (Å²) in [6, 6.07) is 18.6. The second-order valence-electron chi connectivity index (χ2n) is 6.39. The zero-order chi connectivity index (χ0) is 17.9. The number of likely N-dealkylation sites (tertiary alicyclic amines) is 1.